The minimum atomic E-state index is -0.0467. The molecular formula is C19H18BrNO2. The molecule has 1 unspecified atom stereocenters. The summed E-state index contributed by atoms with van der Waals surface area (Å²) in [6.45, 7) is 1.90. The zero-order chi connectivity index (χ0) is 15.8. The van der Waals surface area contributed by atoms with Gasteiger partial charge in [0.15, 0.2) is 6.10 Å². The first-order valence-electron chi connectivity index (χ1n) is 7.81. The van der Waals surface area contributed by atoms with Crippen LogP contribution in [-0.4, -0.2) is 18.5 Å². The van der Waals surface area contributed by atoms with Crippen molar-refractivity contribution >= 4 is 26.7 Å². The van der Waals surface area contributed by atoms with Gasteiger partial charge >= 0.3 is 0 Å². The molecule has 0 radical (unpaired) electrons. The molecule has 0 saturated heterocycles. The second-order valence-electron chi connectivity index (χ2n) is 6.03. The molecule has 2 heterocycles. The number of nitrogens with zero attached hydrogens (tertiary/aromatic N) is 1. The van der Waals surface area contributed by atoms with Gasteiger partial charge in [0.05, 0.1) is 6.26 Å². The number of fused-ring (bicyclic) bond motifs is 2. The van der Waals surface area contributed by atoms with Crippen molar-refractivity contribution in [2.24, 2.45) is 0 Å². The number of benzene rings is 2. The van der Waals surface area contributed by atoms with E-state index in [4.69, 9.17) is 9.15 Å². The fraction of sp³-hybridized carbons (Fsp3) is 0.263. The van der Waals surface area contributed by atoms with Crippen molar-refractivity contribution in [1.29, 1.82) is 0 Å². The van der Waals surface area contributed by atoms with Gasteiger partial charge in [-0.2, -0.15) is 0 Å². The molecule has 0 spiro atoms. The summed E-state index contributed by atoms with van der Waals surface area (Å²) >= 11 is 3.62. The lowest BCUT2D eigenvalue weighted by Gasteiger charge is -2.19. The molecule has 0 N–H and O–H groups in total. The molecule has 0 bridgehead atoms. The summed E-state index contributed by atoms with van der Waals surface area (Å²) in [5, 5.41) is 2.28. The summed E-state index contributed by atoms with van der Waals surface area (Å²) in [5.74, 6) is 1.86. The van der Waals surface area contributed by atoms with E-state index in [1.165, 1.54) is 5.56 Å². The zero-order valence-corrected chi connectivity index (χ0v) is 14.5. The Kier molecular flexibility index (Phi) is 3.87. The molecule has 1 aromatic heterocycles. The van der Waals surface area contributed by atoms with Crippen LogP contribution in [0.2, 0.25) is 0 Å². The van der Waals surface area contributed by atoms with E-state index in [1.54, 1.807) is 6.26 Å². The van der Waals surface area contributed by atoms with Crippen LogP contribution in [-0.2, 0) is 6.54 Å². The molecule has 1 atom stereocenters. The third-order valence-electron chi connectivity index (χ3n) is 4.39. The molecule has 4 rings (SSSR count). The second kappa shape index (κ2) is 6.02. The van der Waals surface area contributed by atoms with Crippen LogP contribution in [0.5, 0.6) is 5.75 Å². The van der Waals surface area contributed by atoms with Gasteiger partial charge in [0.1, 0.15) is 11.5 Å². The zero-order valence-electron chi connectivity index (χ0n) is 13.0. The number of hydrogen-bond acceptors (Lipinski definition) is 3. The van der Waals surface area contributed by atoms with Gasteiger partial charge in [-0.15, -0.1) is 0 Å². The van der Waals surface area contributed by atoms with E-state index in [-0.39, 0.29) is 6.10 Å². The molecule has 0 saturated carbocycles. The van der Waals surface area contributed by atoms with Gasteiger partial charge in [0.2, 0.25) is 0 Å². The van der Waals surface area contributed by atoms with Crippen LogP contribution in [0.25, 0.3) is 10.8 Å². The van der Waals surface area contributed by atoms with Crippen molar-refractivity contribution < 1.29 is 9.15 Å². The van der Waals surface area contributed by atoms with Crippen LogP contribution in [0.15, 0.2) is 57.6 Å². The van der Waals surface area contributed by atoms with Crippen LogP contribution in [0.4, 0.5) is 0 Å². The summed E-state index contributed by atoms with van der Waals surface area (Å²) in [4.78, 5) is 2.30. The monoisotopic (exact) mass is 371 g/mol. The Balaban J connectivity index is 1.73. The maximum absolute atomic E-state index is 6.40. The van der Waals surface area contributed by atoms with Crippen LogP contribution in [0.1, 0.15) is 23.8 Å². The standard InChI is InChI=1S/C19H18BrNO2/c1-21-10-8-18(19-13(12-21)9-11-22-19)23-17-7-6-16(20)14-4-2-3-5-15(14)17/h2-7,9,11,18H,8,10,12H2,1H3. The molecule has 1 aliphatic heterocycles. The summed E-state index contributed by atoms with van der Waals surface area (Å²) < 4.78 is 13.2. The van der Waals surface area contributed by atoms with Crippen molar-refractivity contribution in [3.63, 3.8) is 0 Å². The minimum absolute atomic E-state index is 0.0467. The fourth-order valence-corrected chi connectivity index (χ4v) is 3.68. The maximum atomic E-state index is 6.40. The van der Waals surface area contributed by atoms with Crippen molar-refractivity contribution in [3.05, 3.63) is 64.5 Å². The van der Waals surface area contributed by atoms with Crippen molar-refractivity contribution in [1.82, 2.24) is 4.90 Å². The first-order chi connectivity index (χ1) is 11.2. The maximum Gasteiger partial charge on any atom is 0.158 e. The molecule has 0 fully saturated rings. The lowest BCUT2D eigenvalue weighted by molar-refractivity contribution is 0.161. The van der Waals surface area contributed by atoms with E-state index < -0.39 is 0 Å². The summed E-state index contributed by atoms with van der Waals surface area (Å²) in [6, 6.07) is 14.4. The summed E-state index contributed by atoms with van der Waals surface area (Å²) in [5.41, 5.74) is 1.22. The van der Waals surface area contributed by atoms with Crippen molar-refractivity contribution in [2.75, 3.05) is 13.6 Å². The molecule has 0 aliphatic carbocycles. The van der Waals surface area contributed by atoms with Crippen molar-refractivity contribution in [3.8, 4) is 5.75 Å². The Hall–Kier alpha value is -1.78. The quantitative estimate of drug-likeness (QED) is 0.622. The first-order valence-corrected chi connectivity index (χ1v) is 8.60. The molecule has 3 aromatic rings. The average molecular weight is 372 g/mol. The SMILES string of the molecule is CN1CCC(Oc2ccc(Br)c3ccccc23)c2occc2C1. The summed E-state index contributed by atoms with van der Waals surface area (Å²) in [6.07, 6.45) is 2.64. The summed E-state index contributed by atoms with van der Waals surface area (Å²) in [7, 11) is 2.13. The predicted molar refractivity (Wildman–Crippen MR) is 94.7 cm³/mol. The molecule has 2 aromatic carbocycles. The van der Waals surface area contributed by atoms with Crippen LogP contribution < -0.4 is 4.74 Å². The average Bonchev–Trinajstić information content (AvgIpc) is 2.96. The highest BCUT2D eigenvalue weighted by molar-refractivity contribution is 9.10. The van der Waals surface area contributed by atoms with Gasteiger partial charge in [0, 0.05) is 34.9 Å². The van der Waals surface area contributed by atoms with E-state index in [9.17, 15) is 0 Å². The Morgan fingerprint density at radius 1 is 1.13 bits per heavy atom. The molecule has 118 valence electrons. The van der Waals surface area contributed by atoms with E-state index in [1.807, 2.05) is 30.3 Å². The predicted octanol–water partition coefficient (Wildman–Crippen LogP) is 5.15. The highest BCUT2D eigenvalue weighted by Gasteiger charge is 2.26. The number of rotatable bonds is 2. The molecular weight excluding hydrogens is 354 g/mol. The highest BCUT2D eigenvalue weighted by Crippen LogP contribution is 2.36. The van der Waals surface area contributed by atoms with Crippen molar-refractivity contribution in [2.45, 2.75) is 19.1 Å². The first kappa shape index (κ1) is 14.8. The largest absolute Gasteiger partial charge is 0.482 e. The molecule has 3 nitrogen and oxygen atoms in total. The third kappa shape index (κ3) is 2.77. The van der Waals surface area contributed by atoms with Gasteiger partial charge < -0.3 is 14.1 Å². The topological polar surface area (TPSA) is 25.6 Å². The Morgan fingerprint density at radius 2 is 1.96 bits per heavy atom. The van der Waals surface area contributed by atoms with Gasteiger partial charge in [0.25, 0.3) is 0 Å². The third-order valence-corrected chi connectivity index (χ3v) is 5.08. The Bertz CT molecular complexity index is 842. The van der Waals surface area contributed by atoms with E-state index in [2.05, 4.69) is 40.0 Å². The highest BCUT2D eigenvalue weighted by atomic mass is 79.9. The van der Waals surface area contributed by atoms with E-state index in [0.29, 0.717) is 0 Å². The molecule has 1 aliphatic rings. The Morgan fingerprint density at radius 3 is 2.83 bits per heavy atom. The smallest absolute Gasteiger partial charge is 0.158 e. The van der Waals surface area contributed by atoms with E-state index >= 15 is 0 Å². The van der Waals surface area contributed by atoms with Gasteiger partial charge in [-0.25, -0.2) is 0 Å². The number of hydrogen-bond donors (Lipinski definition) is 0. The molecule has 23 heavy (non-hydrogen) atoms. The van der Waals surface area contributed by atoms with Gasteiger partial charge in [-0.05, 0) is 30.6 Å². The molecule has 4 heteroatoms. The normalized spacial score (nSPS) is 18.6. The number of ether oxygens (including phenoxy) is 1. The lowest BCUT2D eigenvalue weighted by Crippen LogP contribution is -2.18. The minimum Gasteiger partial charge on any atom is -0.482 e. The van der Waals surface area contributed by atoms with Crippen LogP contribution in [0, 0.1) is 0 Å². The van der Waals surface area contributed by atoms with Gasteiger partial charge in [-0.1, -0.05) is 40.2 Å². The van der Waals surface area contributed by atoms with E-state index in [0.717, 1.165) is 46.3 Å². The second-order valence-corrected chi connectivity index (χ2v) is 6.89. The Labute approximate surface area is 144 Å². The van der Waals surface area contributed by atoms with Crippen LogP contribution in [0.3, 0.4) is 0 Å². The van der Waals surface area contributed by atoms with Crippen LogP contribution >= 0.6 is 15.9 Å². The molecule has 0 amide bonds. The van der Waals surface area contributed by atoms with Gasteiger partial charge in [-0.3, -0.25) is 0 Å². The fourth-order valence-electron chi connectivity index (χ4n) is 3.20. The number of halogens is 1. The lowest BCUT2D eigenvalue weighted by atomic mass is 10.1. The number of furan rings is 1.